The van der Waals surface area contributed by atoms with Crippen LogP contribution in [0.1, 0.15) is 21.6 Å². The van der Waals surface area contributed by atoms with Crippen molar-refractivity contribution in [3.05, 3.63) is 93.9 Å². The second-order valence-electron chi connectivity index (χ2n) is 5.35. The lowest BCUT2D eigenvalue weighted by atomic mass is 10.2. The first kappa shape index (κ1) is 17.1. The number of carbonyl (C=O) groups is 1. The molecule has 130 valence electrons. The van der Waals surface area contributed by atoms with E-state index in [1.54, 1.807) is 0 Å². The number of H-pyrrole nitrogens is 1. The average molecular weight is 348 g/mol. The zero-order chi connectivity index (χ0) is 18.2. The third kappa shape index (κ3) is 4.88. The Balaban J connectivity index is 1.52. The second kappa shape index (κ2) is 8.39. The maximum Gasteiger partial charge on any atom is 0.291 e. The highest BCUT2D eigenvalue weighted by Gasteiger charge is 2.05. The molecule has 3 rings (SSSR count). The molecule has 0 radical (unpaired) electrons. The third-order valence-electron chi connectivity index (χ3n) is 3.42. The van der Waals surface area contributed by atoms with Crippen molar-refractivity contribution in [2.75, 3.05) is 0 Å². The van der Waals surface area contributed by atoms with Gasteiger partial charge in [-0.15, -0.1) is 0 Å². The molecule has 1 heterocycles. The van der Waals surface area contributed by atoms with Crippen LogP contribution in [0.2, 0.25) is 0 Å². The first-order valence-corrected chi connectivity index (χ1v) is 7.87. The second-order valence-corrected chi connectivity index (χ2v) is 5.35. The smallest absolute Gasteiger partial charge is 0.291 e. The van der Waals surface area contributed by atoms with E-state index in [1.807, 2.05) is 54.6 Å². The van der Waals surface area contributed by atoms with Crippen LogP contribution in [-0.4, -0.2) is 22.3 Å². The molecule has 0 unspecified atom stereocenters. The average Bonchev–Trinajstić information content (AvgIpc) is 2.68. The lowest BCUT2D eigenvalue weighted by molar-refractivity contribution is 0.0949. The maximum atomic E-state index is 11.8. The molecule has 0 aliphatic carbocycles. The molecule has 0 saturated carbocycles. The van der Waals surface area contributed by atoms with Crippen LogP contribution in [-0.2, 0) is 6.61 Å². The summed E-state index contributed by atoms with van der Waals surface area (Å²) in [5, 5.41) is 9.67. The summed E-state index contributed by atoms with van der Waals surface area (Å²) in [6, 6.07) is 19.8. The number of benzene rings is 2. The van der Waals surface area contributed by atoms with E-state index in [2.05, 4.69) is 20.7 Å². The molecule has 2 N–H and O–H groups in total. The zero-order valence-corrected chi connectivity index (χ0v) is 13.8. The predicted octanol–water partition coefficient (Wildman–Crippen LogP) is 2.11. The largest absolute Gasteiger partial charge is 0.489 e. The highest BCUT2D eigenvalue weighted by atomic mass is 16.5. The van der Waals surface area contributed by atoms with Crippen LogP contribution in [0, 0.1) is 0 Å². The van der Waals surface area contributed by atoms with E-state index in [0.29, 0.717) is 6.61 Å². The van der Waals surface area contributed by atoms with Crippen molar-refractivity contribution in [3.8, 4) is 5.75 Å². The Labute approximate surface area is 149 Å². The van der Waals surface area contributed by atoms with Crippen molar-refractivity contribution in [2.45, 2.75) is 6.61 Å². The summed E-state index contributed by atoms with van der Waals surface area (Å²) in [7, 11) is 0. The summed E-state index contributed by atoms with van der Waals surface area (Å²) in [6.45, 7) is 0.497. The van der Waals surface area contributed by atoms with Crippen LogP contribution in [0.3, 0.4) is 0 Å². The maximum absolute atomic E-state index is 11.8. The van der Waals surface area contributed by atoms with Gasteiger partial charge in [0, 0.05) is 6.07 Å². The van der Waals surface area contributed by atoms with Gasteiger partial charge in [-0.3, -0.25) is 9.59 Å². The van der Waals surface area contributed by atoms with Crippen LogP contribution in [0.5, 0.6) is 5.75 Å². The van der Waals surface area contributed by atoms with Crippen LogP contribution in [0.4, 0.5) is 0 Å². The zero-order valence-electron chi connectivity index (χ0n) is 13.8. The van der Waals surface area contributed by atoms with Gasteiger partial charge < -0.3 is 4.74 Å². The van der Waals surface area contributed by atoms with Gasteiger partial charge in [0.25, 0.3) is 11.5 Å². The van der Waals surface area contributed by atoms with E-state index in [0.717, 1.165) is 16.9 Å². The van der Waals surface area contributed by atoms with Gasteiger partial charge in [-0.2, -0.15) is 10.2 Å². The minimum Gasteiger partial charge on any atom is -0.489 e. The third-order valence-corrected chi connectivity index (χ3v) is 3.42. The van der Waals surface area contributed by atoms with Gasteiger partial charge in [0.2, 0.25) is 0 Å². The summed E-state index contributed by atoms with van der Waals surface area (Å²) in [4.78, 5) is 22.7. The molecule has 7 nitrogen and oxygen atoms in total. The quantitative estimate of drug-likeness (QED) is 0.527. The van der Waals surface area contributed by atoms with Crippen molar-refractivity contribution in [1.82, 2.24) is 15.6 Å². The molecule has 0 atom stereocenters. The standard InChI is InChI=1S/C19H16N4O3/c24-18-11-10-17(21-22-18)19(25)23-20-12-14-6-8-16(9-7-14)26-13-15-4-2-1-3-5-15/h1-12H,13H2,(H,22,24)(H,23,25)/b20-12-. The Hall–Kier alpha value is -3.74. The number of nitrogens with one attached hydrogen (secondary N) is 2. The lowest BCUT2D eigenvalue weighted by Gasteiger charge is -2.06. The highest BCUT2D eigenvalue weighted by molar-refractivity contribution is 5.92. The van der Waals surface area contributed by atoms with Crippen LogP contribution in [0.15, 0.2) is 76.6 Å². The first-order chi connectivity index (χ1) is 12.7. The van der Waals surface area contributed by atoms with Gasteiger partial charge in [-0.1, -0.05) is 30.3 Å². The van der Waals surface area contributed by atoms with Gasteiger partial charge >= 0.3 is 0 Å². The minimum atomic E-state index is -0.514. The molecule has 0 fully saturated rings. The van der Waals surface area contributed by atoms with Crippen molar-refractivity contribution < 1.29 is 9.53 Å². The number of rotatable bonds is 6. The normalized spacial score (nSPS) is 10.6. The van der Waals surface area contributed by atoms with E-state index in [4.69, 9.17) is 4.74 Å². The van der Waals surface area contributed by atoms with Gasteiger partial charge in [0.15, 0.2) is 5.69 Å². The van der Waals surface area contributed by atoms with Gasteiger partial charge in [0.05, 0.1) is 6.21 Å². The molecule has 0 bridgehead atoms. The van der Waals surface area contributed by atoms with E-state index < -0.39 is 5.91 Å². The number of aromatic amines is 1. The topological polar surface area (TPSA) is 96.4 Å². The molecular formula is C19H16N4O3. The molecule has 2 aromatic carbocycles. The van der Waals surface area contributed by atoms with E-state index in [1.165, 1.54) is 18.3 Å². The minimum absolute atomic E-state index is 0.0754. The molecule has 0 aliphatic rings. The molecule has 1 amide bonds. The van der Waals surface area contributed by atoms with E-state index in [-0.39, 0.29) is 11.3 Å². The van der Waals surface area contributed by atoms with Crippen molar-refractivity contribution in [3.63, 3.8) is 0 Å². The first-order valence-electron chi connectivity index (χ1n) is 7.87. The van der Waals surface area contributed by atoms with Gasteiger partial charge in [-0.05, 0) is 41.5 Å². The number of amides is 1. The Kier molecular flexibility index (Phi) is 5.51. The fraction of sp³-hybridized carbons (Fsp3) is 0.0526. The van der Waals surface area contributed by atoms with Crippen molar-refractivity contribution in [1.29, 1.82) is 0 Å². The molecule has 0 spiro atoms. The van der Waals surface area contributed by atoms with Crippen LogP contribution >= 0.6 is 0 Å². The molecule has 0 aliphatic heterocycles. The number of hydrogen-bond acceptors (Lipinski definition) is 5. The lowest BCUT2D eigenvalue weighted by Crippen LogP contribution is -2.21. The Morgan fingerprint density at radius 1 is 1.08 bits per heavy atom. The number of nitrogens with zero attached hydrogens (tertiary/aromatic N) is 2. The number of hydrazone groups is 1. The van der Waals surface area contributed by atoms with E-state index in [9.17, 15) is 9.59 Å². The monoisotopic (exact) mass is 348 g/mol. The highest BCUT2D eigenvalue weighted by Crippen LogP contribution is 2.13. The van der Waals surface area contributed by atoms with Crippen LogP contribution in [0.25, 0.3) is 0 Å². The SMILES string of the molecule is O=C(N/N=C\c1ccc(OCc2ccccc2)cc1)c1ccc(=O)[nH]n1. The summed E-state index contributed by atoms with van der Waals surface area (Å²) < 4.78 is 5.71. The van der Waals surface area contributed by atoms with Crippen molar-refractivity contribution in [2.24, 2.45) is 5.10 Å². The molecule has 1 aromatic heterocycles. The molecular weight excluding hydrogens is 332 g/mol. The predicted molar refractivity (Wildman–Crippen MR) is 97.1 cm³/mol. The Morgan fingerprint density at radius 3 is 2.54 bits per heavy atom. The summed E-state index contributed by atoms with van der Waals surface area (Å²) in [6.07, 6.45) is 1.50. The number of carbonyl (C=O) groups excluding carboxylic acids is 1. The molecule has 0 saturated heterocycles. The number of ether oxygens (including phenoxy) is 1. The Morgan fingerprint density at radius 2 is 1.85 bits per heavy atom. The van der Waals surface area contributed by atoms with Gasteiger partial charge in [0.1, 0.15) is 12.4 Å². The Bertz CT molecular complexity index is 930. The summed E-state index contributed by atoms with van der Waals surface area (Å²) >= 11 is 0. The molecule has 26 heavy (non-hydrogen) atoms. The van der Waals surface area contributed by atoms with E-state index >= 15 is 0 Å². The number of aromatic nitrogens is 2. The molecule has 3 aromatic rings. The molecule has 7 heteroatoms. The summed E-state index contributed by atoms with van der Waals surface area (Å²) in [5.74, 6) is 0.229. The fourth-order valence-electron chi connectivity index (χ4n) is 2.08. The fourth-order valence-corrected chi connectivity index (χ4v) is 2.08. The number of hydrogen-bond donors (Lipinski definition) is 2. The van der Waals surface area contributed by atoms with Crippen molar-refractivity contribution >= 4 is 12.1 Å². The summed E-state index contributed by atoms with van der Waals surface area (Å²) in [5.41, 5.74) is 3.94. The van der Waals surface area contributed by atoms with Gasteiger partial charge in [-0.25, -0.2) is 10.5 Å². The van der Waals surface area contributed by atoms with Crippen LogP contribution < -0.4 is 15.7 Å².